The number of para-hydroxylation sites is 2. The van der Waals surface area contributed by atoms with Crippen LogP contribution in [0.4, 0.5) is 0 Å². The number of piperidine rings is 1. The summed E-state index contributed by atoms with van der Waals surface area (Å²) >= 11 is 11.5. The molecule has 0 aliphatic carbocycles. The van der Waals surface area contributed by atoms with Crippen LogP contribution in [-0.2, 0) is 0 Å². The second-order valence-corrected chi connectivity index (χ2v) is 8.81. The Hall–Kier alpha value is -2.74. The number of hydrogen-bond donors (Lipinski definition) is 1. The van der Waals surface area contributed by atoms with Crippen molar-refractivity contribution in [1.82, 2.24) is 24.8 Å². The predicted octanol–water partition coefficient (Wildman–Crippen LogP) is 5.52. The van der Waals surface area contributed by atoms with E-state index in [1.807, 2.05) is 24.3 Å². The fourth-order valence-corrected chi connectivity index (χ4v) is 4.08. The molecule has 0 spiro atoms. The predicted molar refractivity (Wildman–Crippen MR) is 131 cm³/mol. The van der Waals surface area contributed by atoms with Gasteiger partial charge in [-0.05, 0) is 62.0 Å². The molecule has 0 amide bonds. The monoisotopic (exact) mass is 485 g/mol. The van der Waals surface area contributed by atoms with Crippen molar-refractivity contribution in [3.63, 3.8) is 0 Å². The highest BCUT2D eigenvalue weighted by Gasteiger charge is 2.22. The number of rotatable bonds is 3. The first-order valence-electron chi connectivity index (χ1n) is 10.8. The van der Waals surface area contributed by atoms with E-state index in [-0.39, 0.29) is 22.4 Å². The Morgan fingerprint density at radius 1 is 0.909 bits per heavy atom. The molecular weight excluding hydrogens is 461 g/mol. The Kier molecular flexibility index (Phi) is 7.42. The molecule has 0 unspecified atom stereocenters. The lowest BCUT2D eigenvalue weighted by atomic mass is 10.1. The van der Waals surface area contributed by atoms with Crippen LogP contribution in [0.1, 0.15) is 26.7 Å². The van der Waals surface area contributed by atoms with E-state index in [9.17, 15) is 5.11 Å². The van der Waals surface area contributed by atoms with Crippen molar-refractivity contribution in [3.8, 4) is 11.5 Å². The number of aromatic nitrogens is 4. The Labute approximate surface area is 202 Å². The van der Waals surface area contributed by atoms with E-state index in [4.69, 9.17) is 27.9 Å². The summed E-state index contributed by atoms with van der Waals surface area (Å²) < 4.78 is 6.18. The van der Waals surface area contributed by atoms with Crippen LogP contribution in [-0.4, -0.2) is 55.2 Å². The van der Waals surface area contributed by atoms with E-state index in [1.54, 1.807) is 24.5 Å². The number of nitrogens with zero attached hydrogens (tertiary/aromatic N) is 5. The average molecular weight is 486 g/mol. The summed E-state index contributed by atoms with van der Waals surface area (Å²) in [6.45, 7) is 6.65. The topological polar surface area (TPSA) is 84.3 Å². The van der Waals surface area contributed by atoms with Crippen molar-refractivity contribution >= 4 is 45.0 Å². The Morgan fingerprint density at radius 2 is 1.48 bits per heavy atom. The van der Waals surface area contributed by atoms with Gasteiger partial charge in [0.2, 0.25) is 10.6 Å². The van der Waals surface area contributed by atoms with Crippen molar-refractivity contribution < 1.29 is 9.84 Å². The molecule has 7 nitrogen and oxygen atoms in total. The van der Waals surface area contributed by atoms with Gasteiger partial charge in [-0.2, -0.15) is 0 Å². The summed E-state index contributed by atoms with van der Waals surface area (Å²) in [5.74, 6) is 0.927. The molecule has 0 atom stereocenters. The van der Waals surface area contributed by atoms with Crippen LogP contribution >= 0.6 is 23.2 Å². The molecule has 4 aromatic rings. The first-order chi connectivity index (χ1) is 15.9. The second kappa shape index (κ2) is 10.5. The van der Waals surface area contributed by atoms with Gasteiger partial charge in [-0.3, -0.25) is 0 Å². The summed E-state index contributed by atoms with van der Waals surface area (Å²) in [6.07, 6.45) is 5.66. The number of phenols is 1. The first kappa shape index (κ1) is 23.4. The zero-order chi connectivity index (χ0) is 23.4. The second-order valence-electron chi connectivity index (χ2n) is 8.13. The lowest BCUT2D eigenvalue weighted by Gasteiger charge is -2.34. The van der Waals surface area contributed by atoms with Crippen LogP contribution in [0.2, 0.25) is 10.6 Å². The molecule has 0 radical (unpaired) electrons. The van der Waals surface area contributed by atoms with Crippen molar-refractivity contribution in [3.05, 3.63) is 59.4 Å². The molecule has 1 fully saturated rings. The molecule has 9 heteroatoms. The molecule has 172 valence electrons. The van der Waals surface area contributed by atoms with E-state index in [1.165, 1.54) is 0 Å². The Balaban J connectivity index is 0.000000183. The van der Waals surface area contributed by atoms with Crippen LogP contribution in [0, 0.1) is 0 Å². The van der Waals surface area contributed by atoms with Crippen LogP contribution < -0.4 is 4.74 Å². The van der Waals surface area contributed by atoms with E-state index >= 15 is 0 Å². The van der Waals surface area contributed by atoms with Gasteiger partial charge in [-0.25, -0.2) is 19.9 Å². The van der Waals surface area contributed by atoms with Crippen LogP contribution in [0.5, 0.6) is 11.5 Å². The summed E-state index contributed by atoms with van der Waals surface area (Å²) in [5, 5.41) is 11.5. The van der Waals surface area contributed by atoms with Gasteiger partial charge in [0.25, 0.3) is 0 Å². The molecule has 3 heterocycles. The number of fused-ring (bicyclic) bond motifs is 2. The highest BCUT2D eigenvalue weighted by atomic mass is 35.5. The van der Waals surface area contributed by atoms with Gasteiger partial charge in [0.1, 0.15) is 28.6 Å². The zero-order valence-corrected chi connectivity index (χ0v) is 20.0. The maximum atomic E-state index is 9.35. The van der Waals surface area contributed by atoms with Gasteiger partial charge in [0.15, 0.2) is 0 Å². The SMILES string of the molecule is CC(C)N1CCC(Oc2cccc3cnc(Cl)nc23)CC1.Oc1cccc2cnc(Cl)nc12. The minimum Gasteiger partial charge on any atom is -0.506 e. The molecule has 2 aromatic carbocycles. The molecule has 0 bridgehead atoms. The number of phenolic OH excluding ortho intramolecular Hbond substituents is 1. The van der Waals surface area contributed by atoms with Gasteiger partial charge in [-0.1, -0.05) is 24.3 Å². The number of likely N-dealkylation sites (tertiary alicyclic amines) is 1. The molecule has 1 aliphatic heterocycles. The number of aromatic hydroxyl groups is 1. The third-order valence-electron chi connectivity index (χ3n) is 5.61. The van der Waals surface area contributed by atoms with Crippen LogP contribution in [0.25, 0.3) is 21.8 Å². The van der Waals surface area contributed by atoms with Gasteiger partial charge >= 0.3 is 0 Å². The van der Waals surface area contributed by atoms with Crippen molar-refractivity contribution in [1.29, 1.82) is 0 Å². The Bertz CT molecular complexity index is 1250. The van der Waals surface area contributed by atoms with Crippen LogP contribution in [0.15, 0.2) is 48.8 Å². The van der Waals surface area contributed by atoms with Gasteiger partial charge in [0, 0.05) is 42.3 Å². The lowest BCUT2D eigenvalue weighted by molar-refractivity contribution is 0.0852. The summed E-state index contributed by atoms with van der Waals surface area (Å²) in [4.78, 5) is 18.5. The smallest absolute Gasteiger partial charge is 0.223 e. The maximum absolute atomic E-state index is 9.35. The molecule has 5 rings (SSSR count). The molecule has 2 aromatic heterocycles. The van der Waals surface area contributed by atoms with Crippen LogP contribution in [0.3, 0.4) is 0 Å². The van der Waals surface area contributed by atoms with E-state index < -0.39 is 0 Å². The third-order valence-corrected chi connectivity index (χ3v) is 5.97. The highest BCUT2D eigenvalue weighted by Crippen LogP contribution is 2.27. The fraction of sp³-hybridized carbons (Fsp3) is 0.333. The van der Waals surface area contributed by atoms with E-state index in [2.05, 4.69) is 38.7 Å². The summed E-state index contributed by atoms with van der Waals surface area (Å²) in [6, 6.07) is 11.6. The molecule has 1 N–H and O–H groups in total. The summed E-state index contributed by atoms with van der Waals surface area (Å²) in [5.41, 5.74) is 1.28. The Morgan fingerprint density at radius 3 is 2.12 bits per heavy atom. The van der Waals surface area contributed by atoms with Crippen molar-refractivity contribution in [2.75, 3.05) is 13.1 Å². The van der Waals surface area contributed by atoms with E-state index in [0.717, 1.165) is 48.0 Å². The zero-order valence-electron chi connectivity index (χ0n) is 18.4. The standard InChI is InChI=1S/C16H20ClN3O.C8H5ClN2O/c1-11(2)20-8-6-13(7-9-20)21-14-5-3-4-12-10-18-16(17)19-15(12)14;9-8-10-4-5-2-1-3-6(12)7(5)11-8/h3-5,10-11,13H,6-9H2,1-2H3;1-4,12H. The molecular formula is C24H25Cl2N5O2. The van der Waals surface area contributed by atoms with E-state index in [0.29, 0.717) is 11.6 Å². The molecule has 0 saturated carbocycles. The highest BCUT2D eigenvalue weighted by molar-refractivity contribution is 6.28. The quantitative estimate of drug-likeness (QED) is 0.382. The fourth-order valence-electron chi connectivity index (χ4n) is 3.81. The third kappa shape index (κ3) is 5.79. The minimum atomic E-state index is 0.122. The van der Waals surface area contributed by atoms with Gasteiger partial charge in [0.05, 0.1) is 0 Å². The normalized spacial score (nSPS) is 14.9. The first-order valence-corrected chi connectivity index (χ1v) is 11.6. The average Bonchev–Trinajstić information content (AvgIpc) is 2.81. The van der Waals surface area contributed by atoms with Crippen molar-refractivity contribution in [2.45, 2.75) is 38.8 Å². The molecule has 1 aliphatic rings. The number of benzene rings is 2. The van der Waals surface area contributed by atoms with Crippen molar-refractivity contribution in [2.24, 2.45) is 0 Å². The van der Waals surface area contributed by atoms with Gasteiger partial charge in [-0.15, -0.1) is 0 Å². The number of ether oxygens (including phenoxy) is 1. The number of halogens is 2. The minimum absolute atomic E-state index is 0.122. The number of hydrogen-bond acceptors (Lipinski definition) is 7. The maximum Gasteiger partial charge on any atom is 0.223 e. The lowest BCUT2D eigenvalue weighted by Crippen LogP contribution is -2.41. The van der Waals surface area contributed by atoms with Gasteiger partial charge < -0.3 is 14.7 Å². The molecule has 33 heavy (non-hydrogen) atoms. The summed E-state index contributed by atoms with van der Waals surface area (Å²) in [7, 11) is 0. The molecule has 1 saturated heterocycles. The largest absolute Gasteiger partial charge is 0.506 e.